The topological polar surface area (TPSA) is 53.9 Å². The molecule has 0 radical (unpaired) electrons. The largest absolute Gasteiger partial charge is 0.483 e. The molecule has 0 bridgehead atoms. The number of likely N-dealkylation sites (tertiary alicyclic amines) is 1. The molecule has 0 saturated carbocycles. The number of piperidine rings is 1. The lowest BCUT2D eigenvalue weighted by molar-refractivity contribution is -0.123. The number of carbonyl (C=O) groups excluding carboxylic acids is 1. The number of aryl methyl sites for hydroxylation is 2. The number of ether oxygens (including phenoxy) is 1. The summed E-state index contributed by atoms with van der Waals surface area (Å²) >= 11 is 0. The number of nitrogens with one attached hydrogen (secondary N) is 1. The molecule has 1 aliphatic rings. The Balaban J connectivity index is 1.76. The van der Waals surface area contributed by atoms with Gasteiger partial charge in [-0.2, -0.15) is 5.10 Å². The second kappa shape index (κ2) is 8.11. The summed E-state index contributed by atoms with van der Waals surface area (Å²) in [5.41, 5.74) is 5.87. The molecule has 5 heteroatoms. The van der Waals surface area contributed by atoms with E-state index in [0.29, 0.717) is 6.04 Å². The summed E-state index contributed by atoms with van der Waals surface area (Å²) in [6.07, 6.45) is 1.83. The van der Waals surface area contributed by atoms with E-state index in [1.807, 2.05) is 32.0 Å². The highest BCUT2D eigenvalue weighted by Gasteiger charge is 2.17. The molecular formula is C18H27N3O2. The Morgan fingerprint density at radius 1 is 1.30 bits per heavy atom. The second-order valence-corrected chi connectivity index (χ2v) is 6.40. The molecule has 1 saturated heterocycles. The maximum Gasteiger partial charge on any atom is 0.277 e. The maximum absolute atomic E-state index is 11.9. The highest BCUT2D eigenvalue weighted by Crippen LogP contribution is 2.18. The molecule has 0 atom stereocenters. The number of amides is 1. The van der Waals surface area contributed by atoms with Gasteiger partial charge in [-0.25, -0.2) is 5.43 Å². The Morgan fingerprint density at radius 3 is 2.61 bits per heavy atom. The van der Waals surface area contributed by atoms with Crippen molar-refractivity contribution in [3.63, 3.8) is 0 Å². The van der Waals surface area contributed by atoms with Crippen LogP contribution in [0.1, 0.15) is 37.8 Å². The van der Waals surface area contributed by atoms with Crippen LogP contribution in [0.3, 0.4) is 0 Å². The van der Waals surface area contributed by atoms with Crippen LogP contribution in [0.15, 0.2) is 23.3 Å². The van der Waals surface area contributed by atoms with E-state index in [9.17, 15) is 4.79 Å². The fourth-order valence-corrected chi connectivity index (χ4v) is 2.69. The van der Waals surface area contributed by atoms with Gasteiger partial charge in [0.25, 0.3) is 5.91 Å². The quantitative estimate of drug-likeness (QED) is 0.850. The van der Waals surface area contributed by atoms with E-state index < -0.39 is 0 Å². The normalized spacial score (nSPS) is 15.6. The molecule has 1 aromatic rings. The Kier molecular flexibility index (Phi) is 6.16. The Labute approximate surface area is 138 Å². The van der Waals surface area contributed by atoms with Crippen molar-refractivity contribution in [3.05, 3.63) is 29.3 Å². The van der Waals surface area contributed by atoms with Crippen LogP contribution in [0.5, 0.6) is 5.75 Å². The van der Waals surface area contributed by atoms with Crippen LogP contribution in [-0.2, 0) is 4.79 Å². The van der Waals surface area contributed by atoms with E-state index in [0.717, 1.165) is 43.0 Å². The monoisotopic (exact) mass is 317 g/mol. The van der Waals surface area contributed by atoms with Crippen LogP contribution in [0.4, 0.5) is 0 Å². The minimum absolute atomic E-state index is 0.0151. The van der Waals surface area contributed by atoms with Crippen molar-refractivity contribution in [1.29, 1.82) is 0 Å². The van der Waals surface area contributed by atoms with Gasteiger partial charge in [0.05, 0.1) is 0 Å². The number of carbonyl (C=O) groups is 1. The summed E-state index contributed by atoms with van der Waals surface area (Å²) in [7, 11) is 0. The molecule has 0 unspecified atom stereocenters. The molecule has 23 heavy (non-hydrogen) atoms. The number of hydrazone groups is 1. The zero-order valence-electron chi connectivity index (χ0n) is 14.6. The summed E-state index contributed by atoms with van der Waals surface area (Å²) in [6.45, 7) is 10.4. The fourth-order valence-electron chi connectivity index (χ4n) is 2.69. The summed E-state index contributed by atoms with van der Waals surface area (Å²) < 4.78 is 5.55. The molecule has 0 aliphatic carbocycles. The van der Waals surface area contributed by atoms with Crippen molar-refractivity contribution in [2.75, 3.05) is 19.7 Å². The molecule has 0 spiro atoms. The number of hydrogen-bond acceptors (Lipinski definition) is 4. The van der Waals surface area contributed by atoms with E-state index in [1.165, 1.54) is 5.56 Å². The lowest BCUT2D eigenvalue weighted by atomic mass is 10.1. The summed E-state index contributed by atoms with van der Waals surface area (Å²) in [5.74, 6) is 0.521. The number of benzene rings is 1. The Hall–Kier alpha value is -1.88. The minimum atomic E-state index is -0.219. The molecule has 1 fully saturated rings. The number of hydrogen-bond donors (Lipinski definition) is 1. The van der Waals surface area contributed by atoms with E-state index in [4.69, 9.17) is 4.74 Å². The first kappa shape index (κ1) is 17.5. The first-order chi connectivity index (χ1) is 11.0. The van der Waals surface area contributed by atoms with Gasteiger partial charge in [-0.15, -0.1) is 0 Å². The molecule has 126 valence electrons. The van der Waals surface area contributed by atoms with Crippen LogP contribution in [-0.4, -0.2) is 42.3 Å². The van der Waals surface area contributed by atoms with Gasteiger partial charge in [0.2, 0.25) is 0 Å². The molecular weight excluding hydrogens is 290 g/mol. The van der Waals surface area contributed by atoms with Gasteiger partial charge in [0.1, 0.15) is 5.75 Å². The predicted octanol–water partition coefficient (Wildman–Crippen LogP) is 2.66. The molecule has 0 aromatic heterocycles. The average molecular weight is 317 g/mol. The third-order valence-electron chi connectivity index (χ3n) is 4.13. The van der Waals surface area contributed by atoms with Crippen molar-refractivity contribution < 1.29 is 9.53 Å². The average Bonchev–Trinajstić information content (AvgIpc) is 2.52. The Bertz CT molecular complexity index is 572. The molecule has 1 amide bonds. The zero-order chi connectivity index (χ0) is 16.8. The van der Waals surface area contributed by atoms with E-state index in [-0.39, 0.29) is 12.5 Å². The lowest BCUT2D eigenvalue weighted by Crippen LogP contribution is -2.39. The molecule has 1 N–H and O–H groups in total. The van der Waals surface area contributed by atoms with Crippen molar-refractivity contribution in [2.24, 2.45) is 5.10 Å². The smallest absolute Gasteiger partial charge is 0.277 e. The Morgan fingerprint density at radius 2 is 2.00 bits per heavy atom. The van der Waals surface area contributed by atoms with Crippen molar-refractivity contribution in [3.8, 4) is 5.75 Å². The van der Waals surface area contributed by atoms with Gasteiger partial charge in [0, 0.05) is 37.7 Å². The zero-order valence-corrected chi connectivity index (χ0v) is 14.6. The molecule has 1 aliphatic heterocycles. The highest BCUT2D eigenvalue weighted by molar-refractivity contribution is 5.87. The van der Waals surface area contributed by atoms with Gasteiger partial charge in [-0.05, 0) is 39.3 Å². The molecule has 1 aromatic carbocycles. The molecule has 2 rings (SSSR count). The minimum Gasteiger partial charge on any atom is -0.483 e. The standard InChI is InChI=1S/C18H27N3O2/c1-13(2)21-9-7-16(8-10-21)19-20-18(22)12-23-17-6-5-14(3)11-15(17)4/h5-6,11,13H,7-10,12H2,1-4H3,(H,20,22). The van der Waals surface area contributed by atoms with Crippen LogP contribution >= 0.6 is 0 Å². The fraction of sp³-hybridized carbons (Fsp3) is 0.556. The number of rotatable bonds is 5. The molecule has 1 heterocycles. The van der Waals surface area contributed by atoms with Crippen molar-refractivity contribution in [1.82, 2.24) is 10.3 Å². The van der Waals surface area contributed by atoms with Crippen LogP contribution in [0.2, 0.25) is 0 Å². The predicted molar refractivity (Wildman–Crippen MR) is 92.9 cm³/mol. The van der Waals surface area contributed by atoms with Gasteiger partial charge in [-0.3, -0.25) is 4.79 Å². The first-order valence-electron chi connectivity index (χ1n) is 8.24. The maximum atomic E-state index is 11.9. The van der Waals surface area contributed by atoms with Gasteiger partial charge >= 0.3 is 0 Å². The van der Waals surface area contributed by atoms with Gasteiger partial charge in [-0.1, -0.05) is 17.7 Å². The lowest BCUT2D eigenvalue weighted by Gasteiger charge is -2.30. The SMILES string of the molecule is Cc1ccc(OCC(=O)NN=C2CCN(C(C)C)CC2)c(C)c1. The van der Waals surface area contributed by atoms with Crippen LogP contribution < -0.4 is 10.2 Å². The summed E-state index contributed by atoms with van der Waals surface area (Å²) in [4.78, 5) is 14.3. The third-order valence-corrected chi connectivity index (χ3v) is 4.13. The van der Waals surface area contributed by atoms with E-state index in [2.05, 4.69) is 29.3 Å². The second-order valence-electron chi connectivity index (χ2n) is 6.40. The van der Waals surface area contributed by atoms with Gasteiger partial charge in [0.15, 0.2) is 6.61 Å². The van der Waals surface area contributed by atoms with Crippen molar-refractivity contribution in [2.45, 2.75) is 46.6 Å². The highest BCUT2D eigenvalue weighted by atomic mass is 16.5. The number of nitrogens with zero attached hydrogens (tertiary/aromatic N) is 2. The first-order valence-corrected chi connectivity index (χ1v) is 8.24. The molecule has 5 nitrogen and oxygen atoms in total. The van der Waals surface area contributed by atoms with Gasteiger partial charge < -0.3 is 9.64 Å². The van der Waals surface area contributed by atoms with E-state index in [1.54, 1.807) is 0 Å². The van der Waals surface area contributed by atoms with Crippen molar-refractivity contribution >= 4 is 11.6 Å². The van der Waals surface area contributed by atoms with Crippen LogP contribution in [0, 0.1) is 13.8 Å². The third kappa shape index (κ3) is 5.36. The summed E-state index contributed by atoms with van der Waals surface area (Å²) in [5, 5.41) is 4.24. The van der Waals surface area contributed by atoms with E-state index >= 15 is 0 Å². The summed E-state index contributed by atoms with van der Waals surface area (Å²) in [6, 6.07) is 6.47. The van der Waals surface area contributed by atoms with Crippen LogP contribution in [0.25, 0.3) is 0 Å².